The Labute approximate surface area is 223 Å². The first kappa shape index (κ1) is 26.8. The van der Waals surface area contributed by atoms with Crippen LogP contribution in [0.15, 0.2) is 36.0 Å². The number of methoxy groups -OCH3 is 2. The Hall–Kier alpha value is -3.29. The predicted octanol–water partition coefficient (Wildman–Crippen LogP) is 4.02. The summed E-state index contributed by atoms with van der Waals surface area (Å²) < 4.78 is 42.4. The maximum Gasteiger partial charge on any atom is 0.243 e. The van der Waals surface area contributed by atoms with Gasteiger partial charge >= 0.3 is 0 Å². The number of hydrogen-bond acceptors (Lipinski definition) is 10. The number of rotatable bonds is 10. The highest BCUT2D eigenvalue weighted by Crippen LogP contribution is 2.36. The predicted molar refractivity (Wildman–Crippen MR) is 142 cm³/mol. The minimum atomic E-state index is -3.98. The van der Waals surface area contributed by atoms with E-state index in [1.54, 1.807) is 36.6 Å². The average Bonchev–Trinajstić information content (AvgIpc) is 3.47. The van der Waals surface area contributed by atoms with Gasteiger partial charge in [0.2, 0.25) is 16.0 Å². The molecule has 3 heterocycles. The van der Waals surface area contributed by atoms with E-state index >= 15 is 0 Å². The number of hydrogen-bond donors (Lipinski definition) is 1. The van der Waals surface area contributed by atoms with Gasteiger partial charge in [0.05, 0.1) is 30.9 Å². The molecule has 14 heteroatoms. The van der Waals surface area contributed by atoms with Crippen molar-refractivity contribution in [1.29, 1.82) is 0 Å². The molecule has 0 saturated heterocycles. The third-order valence-electron chi connectivity index (χ3n) is 5.81. The zero-order chi connectivity index (χ0) is 26.7. The summed E-state index contributed by atoms with van der Waals surface area (Å²) in [6, 6.07) is 5.27. The monoisotopic (exact) mass is 563 g/mol. The van der Waals surface area contributed by atoms with Crippen LogP contribution in [0.4, 0.5) is 5.95 Å². The summed E-state index contributed by atoms with van der Waals surface area (Å²) in [5, 5.41) is 10.7. The molecule has 0 aliphatic rings. The number of halogens is 1. The van der Waals surface area contributed by atoms with Crippen LogP contribution >= 0.6 is 22.9 Å². The van der Waals surface area contributed by atoms with Crippen molar-refractivity contribution < 1.29 is 17.9 Å². The molecule has 1 aromatic carbocycles. The molecular weight excluding hydrogens is 538 g/mol. The Balaban J connectivity index is 1.77. The number of aryl methyl sites for hydroxylation is 1. The highest BCUT2D eigenvalue weighted by Gasteiger charge is 2.32. The summed E-state index contributed by atoms with van der Waals surface area (Å²) in [5.41, 5.74) is 1.34. The van der Waals surface area contributed by atoms with Gasteiger partial charge in [0.25, 0.3) is 0 Å². The zero-order valence-electron chi connectivity index (χ0n) is 20.8. The Morgan fingerprint density at radius 3 is 2.32 bits per heavy atom. The van der Waals surface area contributed by atoms with E-state index in [0.29, 0.717) is 40.3 Å². The van der Waals surface area contributed by atoms with Crippen LogP contribution < -0.4 is 14.2 Å². The van der Waals surface area contributed by atoms with Crippen LogP contribution in [0.3, 0.4) is 0 Å². The molecule has 0 bridgehead atoms. The molecule has 11 nitrogen and oxygen atoms in total. The molecule has 0 fully saturated rings. The van der Waals surface area contributed by atoms with E-state index in [1.165, 1.54) is 38.0 Å². The Bertz CT molecular complexity index is 1470. The molecule has 2 unspecified atom stereocenters. The van der Waals surface area contributed by atoms with Crippen LogP contribution in [-0.2, 0) is 16.4 Å². The second kappa shape index (κ2) is 11.0. The lowest BCUT2D eigenvalue weighted by atomic mass is 10.1. The van der Waals surface area contributed by atoms with Crippen molar-refractivity contribution in [2.75, 3.05) is 18.9 Å². The first-order valence-corrected chi connectivity index (χ1v) is 14.0. The van der Waals surface area contributed by atoms with Gasteiger partial charge in [-0.3, -0.25) is 9.29 Å². The summed E-state index contributed by atoms with van der Waals surface area (Å²) in [4.78, 5) is 12.9. The number of nitrogens with zero attached hydrogens (tertiary/aromatic N) is 6. The zero-order valence-corrected chi connectivity index (χ0v) is 23.2. The van der Waals surface area contributed by atoms with Gasteiger partial charge in [-0.1, -0.05) is 24.6 Å². The molecule has 0 radical (unpaired) electrons. The van der Waals surface area contributed by atoms with Crippen LogP contribution in [0.5, 0.6) is 11.5 Å². The van der Waals surface area contributed by atoms with Gasteiger partial charge in [-0.05, 0) is 26.0 Å². The molecule has 3 aromatic heterocycles. The van der Waals surface area contributed by atoms with E-state index in [2.05, 4.69) is 29.9 Å². The summed E-state index contributed by atoms with van der Waals surface area (Å²) >= 11 is 7.36. The molecule has 0 saturated carbocycles. The van der Waals surface area contributed by atoms with E-state index in [0.717, 1.165) is 10.7 Å². The topological polar surface area (TPSA) is 134 Å². The average molecular weight is 564 g/mol. The maximum absolute atomic E-state index is 13.5. The van der Waals surface area contributed by atoms with Gasteiger partial charge in [-0.2, -0.15) is 0 Å². The molecule has 4 rings (SSSR count). The van der Waals surface area contributed by atoms with E-state index in [1.807, 2.05) is 12.3 Å². The number of thiazole rings is 1. The van der Waals surface area contributed by atoms with Gasteiger partial charge in [0, 0.05) is 29.4 Å². The largest absolute Gasteiger partial charge is 0.494 e. The van der Waals surface area contributed by atoms with Crippen molar-refractivity contribution in [3.63, 3.8) is 0 Å². The van der Waals surface area contributed by atoms with E-state index in [-0.39, 0.29) is 5.95 Å². The smallest absolute Gasteiger partial charge is 0.243 e. The lowest BCUT2D eigenvalue weighted by Crippen LogP contribution is -2.31. The van der Waals surface area contributed by atoms with Crippen LogP contribution in [0.1, 0.15) is 42.1 Å². The quantitative estimate of drug-likeness (QED) is 0.303. The second-order valence-electron chi connectivity index (χ2n) is 8.25. The van der Waals surface area contributed by atoms with Gasteiger partial charge in [-0.15, -0.1) is 21.5 Å². The fourth-order valence-corrected chi connectivity index (χ4v) is 5.76. The fraction of sp³-hybridized carbons (Fsp3) is 0.348. The van der Waals surface area contributed by atoms with E-state index in [9.17, 15) is 8.42 Å². The second-order valence-corrected chi connectivity index (χ2v) is 11.7. The molecule has 0 amide bonds. The third kappa shape index (κ3) is 5.68. The Kier molecular flexibility index (Phi) is 7.95. The first-order chi connectivity index (χ1) is 17.6. The molecule has 1 N–H and O–H groups in total. The highest BCUT2D eigenvalue weighted by molar-refractivity contribution is 7.93. The SMILES string of the molecule is COc1cccc(OC)c1-n1c(Cc2nc(C)cs2)nnc1NS(=O)(=O)C(C)C(C)c1ncc(Cl)cn1. The number of benzene rings is 1. The highest BCUT2D eigenvalue weighted by atomic mass is 35.5. The van der Waals surface area contributed by atoms with E-state index < -0.39 is 21.2 Å². The fourth-order valence-electron chi connectivity index (χ4n) is 3.66. The molecule has 0 aliphatic heterocycles. The van der Waals surface area contributed by atoms with Crippen molar-refractivity contribution >= 4 is 38.9 Å². The van der Waals surface area contributed by atoms with Crippen molar-refractivity contribution in [3.8, 4) is 17.2 Å². The normalized spacial score (nSPS) is 13.2. The summed E-state index contributed by atoms with van der Waals surface area (Å²) in [7, 11) is -0.937. The summed E-state index contributed by atoms with van der Waals surface area (Å²) in [5.74, 6) is 1.16. The Morgan fingerprint density at radius 1 is 1.11 bits per heavy atom. The van der Waals surface area contributed by atoms with Crippen LogP contribution in [0, 0.1) is 6.92 Å². The van der Waals surface area contributed by atoms with Gasteiger partial charge in [0.15, 0.2) is 0 Å². The van der Waals surface area contributed by atoms with Crippen LogP contribution in [0.25, 0.3) is 5.69 Å². The Morgan fingerprint density at radius 2 is 1.76 bits per heavy atom. The summed E-state index contributed by atoms with van der Waals surface area (Å²) in [6.07, 6.45) is 3.19. The number of anilines is 1. The summed E-state index contributed by atoms with van der Waals surface area (Å²) in [6.45, 7) is 5.21. The molecule has 0 aliphatic carbocycles. The molecule has 0 spiro atoms. The number of nitrogens with one attached hydrogen (secondary N) is 1. The molecule has 4 aromatic rings. The lowest BCUT2D eigenvalue weighted by molar-refractivity contribution is 0.391. The van der Waals surface area contributed by atoms with E-state index in [4.69, 9.17) is 21.1 Å². The first-order valence-electron chi connectivity index (χ1n) is 11.2. The number of ether oxygens (including phenoxy) is 2. The van der Waals surface area contributed by atoms with Crippen molar-refractivity contribution in [2.24, 2.45) is 0 Å². The van der Waals surface area contributed by atoms with Gasteiger partial charge < -0.3 is 9.47 Å². The lowest BCUT2D eigenvalue weighted by Gasteiger charge is -2.21. The molecule has 2 atom stereocenters. The molecular formula is C23H26ClN7O4S2. The maximum atomic E-state index is 13.5. The van der Waals surface area contributed by atoms with Gasteiger partial charge in [-0.25, -0.2) is 23.4 Å². The molecule has 37 heavy (non-hydrogen) atoms. The van der Waals surface area contributed by atoms with Crippen molar-refractivity contribution in [1.82, 2.24) is 29.7 Å². The van der Waals surface area contributed by atoms with Crippen molar-refractivity contribution in [3.05, 3.63) is 63.3 Å². The number of aromatic nitrogens is 6. The van der Waals surface area contributed by atoms with Gasteiger partial charge in [0.1, 0.15) is 33.8 Å². The number of para-hydroxylation sites is 1. The third-order valence-corrected chi connectivity index (χ3v) is 8.82. The minimum Gasteiger partial charge on any atom is -0.494 e. The minimum absolute atomic E-state index is 0.0119. The van der Waals surface area contributed by atoms with Crippen LogP contribution in [0.2, 0.25) is 5.02 Å². The van der Waals surface area contributed by atoms with Crippen molar-refractivity contribution in [2.45, 2.75) is 38.4 Å². The molecule has 196 valence electrons. The number of sulfonamides is 1. The van der Waals surface area contributed by atoms with Crippen LogP contribution in [-0.4, -0.2) is 57.6 Å². The standard InChI is InChI=1S/C23H26ClN7O4S2/c1-13-12-36-20(27-13)9-19-28-29-23(31(19)21-17(34-4)7-6-8-18(21)35-5)30-37(32,33)15(3)14(2)22-25-10-16(24)11-26-22/h6-8,10-12,14-15H,9H2,1-5H3,(H,29,30).